The van der Waals surface area contributed by atoms with Crippen molar-refractivity contribution in [3.8, 4) is 5.75 Å². The molecule has 1 N–H and O–H groups in total. The summed E-state index contributed by atoms with van der Waals surface area (Å²) in [7, 11) is 3.42. The fraction of sp³-hybridized carbons (Fsp3) is 0.462. The third-order valence-electron chi connectivity index (χ3n) is 7.35. The lowest BCUT2D eigenvalue weighted by atomic mass is 9.76. The lowest BCUT2D eigenvalue weighted by Gasteiger charge is -2.41. The Morgan fingerprint density at radius 1 is 1.06 bits per heavy atom. The number of methoxy groups -OCH3 is 1. The van der Waals surface area contributed by atoms with Gasteiger partial charge in [0.25, 0.3) is 5.91 Å². The van der Waals surface area contributed by atoms with Gasteiger partial charge >= 0.3 is 0 Å². The molecule has 5 nitrogen and oxygen atoms in total. The highest BCUT2D eigenvalue weighted by Crippen LogP contribution is 2.43. The number of nitrogens with one attached hydrogen (secondary N) is 1. The quantitative estimate of drug-likeness (QED) is 0.790. The molecule has 0 spiro atoms. The van der Waals surface area contributed by atoms with Gasteiger partial charge in [-0.3, -0.25) is 9.59 Å². The van der Waals surface area contributed by atoms with Crippen molar-refractivity contribution in [3.63, 3.8) is 0 Å². The number of amides is 2. The average Bonchev–Trinajstić information content (AvgIpc) is 2.79. The predicted molar refractivity (Wildman–Crippen MR) is 121 cm³/mol. The van der Waals surface area contributed by atoms with E-state index in [2.05, 4.69) is 19.2 Å². The van der Waals surface area contributed by atoms with Crippen molar-refractivity contribution in [1.29, 1.82) is 0 Å². The first-order chi connectivity index (χ1) is 14.9. The molecule has 1 saturated carbocycles. The molecule has 5 heteroatoms. The van der Waals surface area contributed by atoms with Crippen molar-refractivity contribution in [3.05, 3.63) is 65.2 Å². The van der Waals surface area contributed by atoms with Crippen LogP contribution in [0.5, 0.6) is 5.75 Å². The van der Waals surface area contributed by atoms with Crippen molar-refractivity contribution < 1.29 is 14.3 Å². The number of carbonyl (C=O) groups is 2. The summed E-state index contributed by atoms with van der Waals surface area (Å²) in [5, 5.41) is 3.37. The molecule has 31 heavy (non-hydrogen) atoms. The van der Waals surface area contributed by atoms with Crippen LogP contribution in [0.25, 0.3) is 0 Å². The largest absolute Gasteiger partial charge is 0.497 e. The van der Waals surface area contributed by atoms with E-state index < -0.39 is 5.92 Å². The highest BCUT2D eigenvalue weighted by atomic mass is 16.5. The molecule has 0 bridgehead atoms. The number of fused-ring (bicyclic) bond motifs is 1. The van der Waals surface area contributed by atoms with Crippen molar-refractivity contribution in [2.75, 3.05) is 14.2 Å². The summed E-state index contributed by atoms with van der Waals surface area (Å²) in [6, 6.07) is 15.0. The predicted octanol–water partition coefficient (Wildman–Crippen LogP) is 4.55. The van der Waals surface area contributed by atoms with E-state index in [1.807, 2.05) is 48.5 Å². The molecule has 0 saturated heterocycles. The molecular formula is C26H32N2O3. The molecule has 2 aromatic rings. The van der Waals surface area contributed by atoms with Crippen LogP contribution >= 0.6 is 0 Å². The van der Waals surface area contributed by atoms with Gasteiger partial charge in [-0.2, -0.15) is 0 Å². The lowest BCUT2D eigenvalue weighted by molar-refractivity contribution is -0.125. The first-order valence-electron chi connectivity index (χ1n) is 11.2. The molecule has 0 radical (unpaired) electrons. The van der Waals surface area contributed by atoms with E-state index in [0.717, 1.165) is 29.7 Å². The van der Waals surface area contributed by atoms with Crippen LogP contribution in [-0.4, -0.2) is 36.9 Å². The number of hydrogen-bond acceptors (Lipinski definition) is 3. The minimum atomic E-state index is -0.461. The summed E-state index contributed by atoms with van der Waals surface area (Å²) in [6.07, 6.45) is 3.36. The monoisotopic (exact) mass is 420 g/mol. The number of carbonyl (C=O) groups excluding carboxylic acids is 2. The second-order valence-corrected chi connectivity index (χ2v) is 9.08. The fourth-order valence-corrected chi connectivity index (χ4v) is 5.23. The molecule has 164 valence electrons. The van der Waals surface area contributed by atoms with Gasteiger partial charge in [0.05, 0.1) is 19.1 Å². The number of benzene rings is 2. The maximum atomic E-state index is 13.8. The first kappa shape index (κ1) is 21.4. The van der Waals surface area contributed by atoms with E-state index in [0.29, 0.717) is 17.4 Å². The number of likely N-dealkylation sites (N-methyl/N-ethyl adjacent to an activating group) is 1. The Balaban J connectivity index is 1.73. The van der Waals surface area contributed by atoms with E-state index in [9.17, 15) is 9.59 Å². The van der Waals surface area contributed by atoms with Crippen LogP contribution in [0, 0.1) is 11.8 Å². The second kappa shape index (κ2) is 8.74. The van der Waals surface area contributed by atoms with Gasteiger partial charge in [0.2, 0.25) is 5.91 Å². The molecule has 0 aromatic heterocycles. The van der Waals surface area contributed by atoms with Crippen LogP contribution in [0.15, 0.2) is 48.5 Å². The standard InChI is InChI=1S/C26H32N2O3/c1-16-8-7-11-22(17(16)2)27-25(29)23-20-9-5-6-10-21(20)26(30)28(3)24(23)18-12-14-19(31-4)15-13-18/h5-6,9-10,12-17,22-24H,7-8,11H2,1-4H3,(H,27,29)/t16-,17+,22-,23-,24-/m1/s1. The maximum absolute atomic E-state index is 13.8. The van der Waals surface area contributed by atoms with Gasteiger partial charge in [0.15, 0.2) is 0 Å². The van der Waals surface area contributed by atoms with Gasteiger partial charge in [0.1, 0.15) is 5.75 Å². The van der Waals surface area contributed by atoms with E-state index >= 15 is 0 Å². The summed E-state index contributed by atoms with van der Waals surface area (Å²) in [5.41, 5.74) is 2.34. The minimum Gasteiger partial charge on any atom is -0.497 e. The zero-order chi connectivity index (χ0) is 22.1. The summed E-state index contributed by atoms with van der Waals surface area (Å²) >= 11 is 0. The van der Waals surface area contributed by atoms with Crippen LogP contribution in [0.1, 0.15) is 66.6 Å². The lowest BCUT2D eigenvalue weighted by Crippen LogP contribution is -2.50. The Kier molecular flexibility index (Phi) is 6.03. The van der Waals surface area contributed by atoms with Crippen LogP contribution in [-0.2, 0) is 4.79 Å². The maximum Gasteiger partial charge on any atom is 0.254 e. The molecule has 5 atom stereocenters. The van der Waals surface area contributed by atoms with E-state index in [-0.39, 0.29) is 23.9 Å². The minimum absolute atomic E-state index is 0.00133. The van der Waals surface area contributed by atoms with Gasteiger partial charge in [-0.25, -0.2) is 0 Å². The van der Waals surface area contributed by atoms with Crippen LogP contribution < -0.4 is 10.1 Å². The smallest absolute Gasteiger partial charge is 0.254 e. The van der Waals surface area contributed by atoms with Crippen molar-refractivity contribution in [1.82, 2.24) is 10.2 Å². The van der Waals surface area contributed by atoms with Gasteiger partial charge < -0.3 is 15.0 Å². The molecule has 1 aliphatic heterocycles. The summed E-state index contributed by atoms with van der Waals surface area (Å²) < 4.78 is 5.30. The number of nitrogens with zero attached hydrogens (tertiary/aromatic N) is 1. The number of hydrogen-bond donors (Lipinski definition) is 1. The third-order valence-corrected chi connectivity index (χ3v) is 7.35. The Hall–Kier alpha value is -2.82. The average molecular weight is 421 g/mol. The number of ether oxygens (including phenoxy) is 1. The molecule has 2 amide bonds. The molecule has 2 aromatic carbocycles. The van der Waals surface area contributed by atoms with Gasteiger partial charge in [-0.05, 0) is 47.6 Å². The normalized spacial score (nSPS) is 28.1. The van der Waals surface area contributed by atoms with Crippen molar-refractivity contribution in [2.24, 2.45) is 11.8 Å². The SMILES string of the molecule is COc1ccc([C@@H]2[C@H](C(=O)N[C@@H]3CCC[C@@H](C)[C@@H]3C)c3ccccc3C(=O)N2C)cc1. The molecule has 2 aliphatic rings. The summed E-state index contributed by atoms with van der Waals surface area (Å²) in [4.78, 5) is 28.6. The molecular weight excluding hydrogens is 388 g/mol. The molecule has 4 rings (SSSR count). The van der Waals surface area contributed by atoms with E-state index in [1.165, 1.54) is 6.42 Å². The van der Waals surface area contributed by atoms with E-state index in [1.54, 1.807) is 19.1 Å². The van der Waals surface area contributed by atoms with Gasteiger partial charge in [-0.1, -0.05) is 57.0 Å². The molecule has 1 fully saturated rings. The summed E-state index contributed by atoms with van der Waals surface area (Å²) in [5.74, 6) is 1.27. The van der Waals surface area contributed by atoms with Crippen LogP contribution in [0.3, 0.4) is 0 Å². The first-order valence-corrected chi connectivity index (χ1v) is 11.2. The highest BCUT2D eigenvalue weighted by Gasteiger charge is 2.43. The highest BCUT2D eigenvalue weighted by molar-refractivity contribution is 6.01. The number of rotatable bonds is 4. The van der Waals surface area contributed by atoms with E-state index in [4.69, 9.17) is 4.74 Å². The van der Waals surface area contributed by atoms with Crippen LogP contribution in [0.4, 0.5) is 0 Å². The van der Waals surface area contributed by atoms with Gasteiger partial charge in [0, 0.05) is 18.7 Å². The van der Waals surface area contributed by atoms with Gasteiger partial charge in [-0.15, -0.1) is 0 Å². The van der Waals surface area contributed by atoms with Crippen molar-refractivity contribution in [2.45, 2.75) is 51.1 Å². The molecule has 1 aliphatic carbocycles. The molecule has 1 heterocycles. The zero-order valence-corrected chi connectivity index (χ0v) is 18.8. The third kappa shape index (κ3) is 3.93. The Morgan fingerprint density at radius 2 is 1.77 bits per heavy atom. The second-order valence-electron chi connectivity index (χ2n) is 9.08. The fourth-order valence-electron chi connectivity index (χ4n) is 5.23. The Morgan fingerprint density at radius 3 is 2.48 bits per heavy atom. The zero-order valence-electron chi connectivity index (χ0n) is 18.8. The van der Waals surface area contributed by atoms with Crippen molar-refractivity contribution >= 4 is 11.8 Å². The summed E-state index contributed by atoms with van der Waals surface area (Å²) in [6.45, 7) is 4.51. The topological polar surface area (TPSA) is 58.6 Å². The molecule has 0 unspecified atom stereocenters. The Labute approximate surface area is 184 Å². The van der Waals surface area contributed by atoms with Crippen LogP contribution in [0.2, 0.25) is 0 Å². The Bertz CT molecular complexity index is 955.